The zero-order valence-corrected chi connectivity index (χ0v) is 14.0. The minimum absolute atomic E-state index is 0.244. The zero-order chi connectivity index (χ0) is 17.2. The third kappa shape index (κ3) is 4.38. The van der Waals surface area contributed by atoms with Crippen molar-refractivity contribution in [2.75, 3.05) is 13.2 Å². The number of ether oxygens (including phenoxy) is 1. The smallest absolute Gasteiger partial charge is 0.315 e. The van der Waals surface area contributed by atoms with Gasteiger partial charge in [0.15, 0.2) is 11.6 Å². The van der Waals surface area contributed by atoms with Gasteiger partial charge in [0.1, 0.15) is 0 Å². The van der Waals surface area contributed by atoms with Gasteiger partial charge in [-0.15, -0.1) is 0 Å². The maximum atomic E-state index is 14.1. The molecule has 5 nitrogen and oxygen atoms in total. The molecule has 3 N–H and O–H groups in total. The summed E-state index contributed by atoms with van der Waals surface area (Å²) < 4.78 is 19.6. The quantitative estimate of drug-likeness (QED) is 0.717. The normalized spacial score (nSPS) is 20.0. The summed E-state index contributed by atoms with van der Waals surface area (Å²) in [5.41, 5.74) is -0.0866. The van der Waals surface area contributed by atoms with Gasteiger partial charge in [-0.2, -0.15) is 0 Å². The van der Waals surface area contributed by atoms with Crippen molar-refractivity contribution in [3.8, 4) is 5.75 Å². The summed E-state index contributed by atoms with van der Waals surface area (Å²) in [6.07, 6.45) is 4.74. The van der Waals surface area contributed by atoms with Gasteiger partial charge in [-0.1, -0.05) is 6.07 Å². The van der Waals surface area contributed by atoms with E-state index in [4.69, 9.17) is 4.74 Å². The SMILES string of the molecule is C[C@@H](NC(=O)NCC1(O)CCC1)c1ccc(OCC2CC2)c(F)c1. The average Bonchev–Trinajstić information content (AvgIpc) is 3.34. The Morgan fingerprint density at radius 1 is 1.46 bits per heavy atom. The largest absolute Gasteiger partial charge is 0.490 e. The van der Waals surface area contributed by atoms with Gasteiger partial charge in [0.2, 0.25) is 0 Å². The molecule has 3 rings (SSSR count). The lowest BCUT2D eigenvalue weighted by Gasteiger charge is -2.36. The number of benzene rings is 1. The van der Waals surface area contributed by atoms with Crippen LogP contribution in [0.4, 0.5) is 9.18 Å². The summed E-state index contributed by atoms with van der Waals surface area (Å²) in [5, 5.41) is 15.4. The Morgan fingerprint density at radius 3 is 2.79 bits per heavy atom. The number of halogens is 1. The molecule has 0 bridgehead atoms. The van der Waals surface area contributed by atoms with Crippen molar-refractivity contribution in [3.05, 3.63) is 29.6 Å². The van der Waals surface area contributed by atoms with Crippen LogP contribution in [-0.4, -0.2) is 29.9 Å². The predicted octanol–water partition coefficient (Wildman–Crippen LogP) is 2.89. The zero-order valence-electron chi connectivity index (χ0n) is 14.0. The van der Waals surface area contributed by atoms with Crippen LogP contribution in [0.3, 0.4) is 0 Å². The van der Waals surface area contributed by atoms with Crippen molar-refractivity contribution < 1.29 is 19.0 Å². The average molecular weight is 336 g/mol. The number of rotatable bonds is 7. The second-order valence-corrected chi connectivity index (χ2v) is 7.07. The summed E-state index contributed by atoms with van der Waals surface area (Å²) >= 11 is 0. The van der Waals surface area contributed by atoms with Gasteiger partial charge in [-0.25, -0.2) is 9.18 Å². The number of amides is 2. The summed E-state index contributed by atoms with van der Waals surface area (Å²) in [4.78, 5) is 11.9. The molecule has 24 heavy (non-hydrogen) atoms. The second kappa shape index (κ2) is 6.97. The first-order chi connectivity index (χ1) is 11.5. The van der Waals surface area contributed by atoms with Crippen LogP contribution in [0.5, 0.6) is 5.75 Å². The Bertz CT molecular complexity index is 600. The minimum atomic E-state index is -0.757. The van der Waals surface area contributed by atoms with E-state index >= 15 is 0 Å². The molecule has 0 saturated heterocycles. The van der Waals surface area contributed by atoms with Crippen molar-refractivity contribution >= 4 is 6.03 Å². The first kappa shape index (κ1) is 17.0. The molecule has 2 aliphatic rings. The maximum Gasteiger partial charge on any atom is 0.315 e. The molecule has 1 aromatic rings. The lowest BCUT2D eigenvalue weighted by molar-refractivity contribution is -0.0290. The summed E-state index contributed by atoms with van der Waals surface area (Å²) in [7, 11) is 0. The minimum Gasteiger partial charge on any atom is -0.490 e. The van der Waals surface area contributed by atoms with E-state index in [9.17, 15) is 14.3 Å². The van der Waals surface area contributed by atoms with Crippen molar-refractivity contribution in [2.45, 2.75) is 50.7 Å². The third-order valence-corrected chi connectivity index (χ3v) is 4.84. The number of urea groups is 1. The molecule has 0 spiro atoms. The van der Waals surface area contributed by atoms with Crippen LogP contribution in [0.15, 0.2) is 18.2 Å². The van der Waals surface area contributed by atoms with Crippen LogP contribution in [0.25, 0.3) is 0 Å². The fourth-order valence-corrected chi connectivity index (χ4v) is 2.73. The number of carbonyl (C=O) groups excluding carboxylic acids is 1. The molecular weight excluding hydrogens is 311 g/mol. The Balaban J connectivity index is 1.48. The van der Waals surface area contributed by atoms with Crippen molar-refractivity contribution in [1.82, 2.24) is 10.6 Å². The van der Waals surface area contributed by atoms with Crippen LogP contribution < -0.4 is 15.4 Å². The van der Waals surface area contributed by atoms with Gasteiger partial charge < -0.3 is 20.5 Å². The Hall–Kier alpha value is -1.82. The Morgan fingerprint density at radius 2 is 2.21 bits per heavy atom. The van der Waals surface area contributed by atoms with Gasteiger partial charge in [0.05, 0.1) is 18.2 Å². The number of aliphatic hydroxyl groups is 1. The van der Waals surface area contributed by atoms with E-state index in [2.05, 4.69) is 10.6 Å². The van der Waals surface area contributed by atoms with Crippen LogP contribution in [0, 0.1) is 11.7 Å². The Labute approximate surface area is 141 Å². The van der Waals surface area contributed by atoms with Crippen molar-refractivity contribution in [3.63, 3.8) is 0 Å². The van der Waals surface area contributed by atoms with E-state index < -0.39 is 11.4 Å². The first-order valence-electron chi connectivity index (χ1n) is 8.64. The summed E-state index contributed by atoms with van der Waals surface area (Å²) in [6.45, 7) is 2.60. The molecule has 6 heteroatoms. The monoisotopic (exact) mass is 336 g/mol. The highest BCUT2D eigenvalue weighted by atomic mass is 19.1. The predicted molar refractivity (Wildman–Crippen MR) is 88.4 cm³/mol. The van der Waals surface area contributed by atoms with Crippen molar-refractivity contribution in [1.29, 1.82) is 0 Å². The molecule has 0 radical (unpaired) electrons. The molecule has 1 aromatic carbocycles. The lowest BCUT2D eigenvalue weighted by atomic mass is 9.80. The van der Waals surface area contributed by atoms with Crippen molar-refractivity contribution in [2.24, 2.45) is 5.92 Å². The van der Waals surface area contributed by atoms with Gasteiger partial charge in [-0.05, 0) is 62.6 Å². The molecule has 0 heterocycles. The number of hydrogen-bond acceptors (Lipinski definition) is 3. The number of hydrogen-bond donors (Lipinski definition) is 3. The van der Waals surface area contributed by atoms with Crippen LogP contribution in [-0.2, 0) is 0 Å². The summed E-state index contributed by atoms with van der Waals surface area (Å²) in [5.74, 6) is 0.416. The van der Waals surface area contributed by atoms with E-state index in [0.29, 0.717) is 18.1 Å². The van der Waals surface area contributed by atoms with Gasteiger partial charge >= 0.3 is 6.03 Å². The first-order valence-corrected chi connectivity index (χ1v) is 8.64. The molecule has 0 aromatic heterocycles. The molecule has 2 amide bonds. The highest BCUT2D eigenvalue weighted by Gasteiger charge is 2.34. The third-order valence-electron chi connectivity index (χ3n) is 4.84. The fraction of sp³-hybridized carbons (Fsp3) is 0.611. The molecule has 2 saturated carbocycles. The van der Waals surface area contributed by atoms with E-state index in [-0.39, 0.29) is 24.4 Å². The van der Waals surface area contributed by atoms with Crippen LogP contribution in [0.2, 0.25) is 0 Å². The molecular formula is C18H25FN2O3. The van der Waals surface area contributed by atoms with Gasteiger partial charge in [0, 0.05) is 6.54 Å². The maximum absolute atomic E-state index is 14.1. The van der Waals surface area contributed by atoms with Gasteiger partial charge in [-0.3, -0.25) is 0 Å². The number of nitrogens with one attached hydrogen (secondary N) is 2. The highest BCUT2D eigenvalue weighted by molar-refractivity contribution is 5.74. The topological polar surface area (TPSA) is 70.6 Å². The van der Waals surface area contributed by atoms with Crippen LogP contribution in [0.1, 0.15) is 50.6 Å². The van der Waals surface area contributed by atoms with E-state index in [0.717, 1.165) is 32.1 Å². The summed E-state index contributed by atoms with van der Waals surface area (Å²) in [6, 6.07) is 4.06. The Kier molecular flexibility index (Phi) is 4.94. The van der Waals surface area contributed by atoms with E-state index in [1.54, 1.807) is 19.1 Å². The molecule has 1 atom stereocenters. The molecule has 2 fully saturated rings. The second-order valence-electron chi connectivity index (χ2n) is 7.07. The van der Waals surface area contributed by atoms with Crippen LogP contribution >= 0.6 is 0 Å². The van der Waals surface area contributed by atoms with E-state index in [1.807, 2.05) is 0 Å². The standard InChI is InChI=1S/C18H25FN2O3/c1-12(21-17(22)20-11-18(23)7-2-8-18)14-5-6-16(15(19)9-14)24-10-13-3-4-13/h5-6,9,12-13,23H,2-4,7-8,10-11H2,1H3,(H2,20,21,22)/t12-/m1/s1. The molecule has 132 valence electrons. The molecule has 0 unspecified atom stereocenters. The van der Waals surface area contributed by atoms with E-state index in [1.165, 1.54) is 6.07 Å². The lowest BCUT2D eigenvalue weighted by Crippen LogP contribution is -2.50. The highest BCUT2D eigenvalue weighted by Crippen LogP contribution is 2.31. The van der Waals surface area contributed by atoms with Gasteiger partial charge in [0.25, 0.3) is 0 Å². The number of carbonyl (C=O) groups is 1. The molecule has 0 aliphatic heterocycles. The fourth-order valence-electron chi connectivity index (χ4n) is 2.73. The molecule has 2 aliphatic carbocycles.